The number of hydrogen-bond donors (Lipinski definition) is 2. The van der Waals surface area contributed by atoms with Gasteiger partial charge in [-0.15, -0.1) is 0 Å². The van der Waals surface area contributed by atoms with Crippen molar-refractivity contribution in [3.8, 4) is 11.5 Å². The van der Waals surface area contributed by atoms with E-state index in [9.17, 15) is 9.59 Å². The van der Waals surface area contributed by atoms with Crippen molar-refractivity contribution >= 4 is 11.8 Å². The predicted octanol–water partition coefficient (Wildman–Crippen LogP) is 1.04. The van der Waals surface area contributed by atoms with Gasteiger partial charge in [-0.1, -0.05) is 6.92 Å². The van der Waals surface area contributed by atoms with E-state index in [0.29, 0.717) is 19.7 Å². The number of likely N-dealkylation sites (N-methyl/N-ethyl adjacent to an activating group) is 1. The normalized spacial score (nSPS) is 11.7. The molecule has 25 heavy (non-hydrogen) atoms. The highest BCUT2D eigenvalue weighted by molar-refractivity contribution is 5.87. The maximum absolute atomic E-state index is 12.0. The number of ether oxygens (including phenoxy) is 2. The van der Waals surface area contributed by atoms with Gasteiger partial charge in [-0.3, -0.25) is 14.5 Å². The summed E-state index contributed by atoms with van der Waals surface area (Å²) in [5.74, 6) is 1.17. The third-order valence-electron chi connectivity index (χ3n) is 3.53. The summed E-state index contributed by atoms with van der Waals surface area (Å²) in [7, 11) is 3.45. The van der Waals surface area contributed by atoms with E-state index < -0.39 is 6.04 Å². The highest BCUT2D eigenvalue weighted by Gasteiger charge is 2.15. The first kappa shape index (κ1) is 20.8. The Kier molecular flexibility index (Phi) is 9.39. The Morgan fingerprint density at radius 2 is 1.84 bits per heavy atom. The summed E-state index contributed by atoms with van der Waals surface area (Å²) in [6.07, 6.45) is 0.864. The van der Waals surface area contributed by atoms with Crippen molar-refractivity contribution in [2.75, 3.05) is 40.4 Å². The minimum absolute atomic E-state index is 0.166. The molecule has 0 aromatic heterocycles. The second-order valence-corrected chi connectivity index (χ2v) is 5.84. The third kappa shape index (κ3) is 8.39. The summed E-state index contributed by atoms with van der Waals surface area (Å²) >= 11 is 0. The maximum Gasteiger partial charge on any atom is 0.242 e. The quantitative estimate of drug-likeness (QED) is 0.623. The standard InChI is InChI=1S/C18H29N3O4/c1-5-10-19-18(23)14(2)20-17(22)13-21(3)11-12-25-16-8-6-15(24-4)7-9-16/h6-9,14H,5,10-13H2,1-4H3,(H,19,23)(H,20,22)/t14-/m0/s1. The van der Waals surface area contributed by atoms with Crippen LogP contribution in [0.4, 0.5) is 0 Å². The first-order valence-corrected chi connectivity index (χ1v) is 8.48. The number of nitrogens with one attached hydrogen (secondary N) is 2. The van der Waals surface area contributed by atoms with E-state index in [0.717, 1.165) is 17.9 Å². The molecule has 0 saturated heterocycles. The van der Waals surface area contributed by atoms with E-state index in [4.69, 9.17) is 9.47 Å². The molecule has 0 fully saturated rings. The average molecular weight is 351 g/mol. The molecule has 1 atom stereocenters. The molecule has 0 saturated carbocycles. The molecule has 1 rings (SSSR count). The minimum atomic E-state index is -0.539. The van der Waals surface area contributed by atoms with E-state index in [1.54, 1.807) is 14.0 Å². The first-order chi connectivity index (χ1) is 12.0. The van der Waals surface area contributed by atoms with Crippen LogP contribution in [0.1, 0.15) is 20.3 Å². The van der Waals surface area contributed by atoms with Gasteiger partial charge in [0.05, 0.1) is 13.7 Å². The molecule has 0 bridgehead atoms. The second-order valence-electron chi connectivity index (χ2n) is 5.84. The molecule has 0 spiro atoms. The van der Waals surface area contributed by atoms with E-state index in [2.05, 4.69) is 10.6 Å². The number of rotatable bonds is 11. The Morgan fingerprint density at radius 3 is 2.44 bits per heavy atom. The number of benzene rings is 1. The number of amides is 2. The molecule has 0 aliphatic carbocycles. The molecule has 7 nitrogen and oxygen atoms in total. The molecule has 0 heterocycles. The van der Waals surface area contributed by atoms with Crippen LogP contribution in [0.25, 0.3) is 0 Å². The van der Waals surface area contributed by atoms with Crippen LogP contribution in [0.3, 0.4) is 0 Å². The van der Waals surface area contributed by atoms with Crippen LogP contribution in [0.2, 0.25) is 0 Å². The highest BCUT2D eigenvalue weighted by atomic mass is 16.5. The molecule has 7 heteroatoms. The number of carbonyl (C=O) groups excluding carboxylic acids is 2. The molecule has 0 radical (unpaired) electrons. The van der Waals surface area contributed by atoms with Crippen molar-refractivity contribution in [1.82, 2.24) is 15.5 Å². The number of carbonyl (C=O) groups is 2. The fraction of sp³-hybridized carbons (Fsp3) is 0.556. The lowest BCUT2D eigenvalue weighted by atomic mass is 10.3. The molecular formula is C18H29N3O4. The van der Waals surface area contributed by atoms with Gasteiger partial charge in [0.25, 0.3) is 0 Å². The topological polar surface area (TPSA) is 79.9 Å². The molecule has 2 amide bonds. The third-order valence-corrected chi connectivity index (χ3v) is 3.53. The summed E-state index contributed by atoms with van der Waals surface area (Å²) in [4.78, 5) is 25.5. The van der Waals surface area contributed by atoms with Crippen molar-refractivity contribution in [2.24, 2.45) is 0 Å². The van der Waals surface area contributed by atoms with Crippen molar-refractivity contribution in [1.29, 1.82) is 0 Å². The summed E-state index contributed by atoms with van der Waals surface area (Å²) in [6, 6.07) is 6.79. The SMILES string of the molecule is CCCNC(=O)[C@H](C)NC(=O)CN(C)CCOc1ccc(OC)cc1. The zero-order chi connectivity index (χ0) is 18.7. The van der Waals surface area contributed by atoms with Gasteiger partial charge in [0.15, 0.2) is 0 Å². The van der Waals surface area contributed by atoms with E-state index in [1.807, 2.05) is 43.1 Å². The Morgan fingerprint density at radius 1 is 1.20 bits per heavy atom. The molecule has 2 N–H and O–H groups in total. The van der Waals surface area contributed by atoms with Gasteiger partial charge in [0.2, 0.25) is 11.8 Å². The summed E-state index contributed by atoms with van der Waals surface area (Å²) in [5, 5.41) is 5.45. The molecular weight excluding hydrogens is 322 g/mol. The van der Waals surface area contributed by atoms with Crippen LogP contribution >= 0.6 is 0 Å². The fourth-order valence-electron chi connectivity index (χ4n) is 2.07. The van der Waals surface area contributed by atoms with Gasteiger partial charge in [-0.05, 0) is 44.7 Å². The molecule has 0 aliphatic rings. The zero-order valence-electron chi connectivity index (χ0n) is 15.5. The first-order valence-electron chi connectivity index (χ1n) is 8.48. The smallest absolute Gasteiger partial charge is 0.242 e. The van der Waals surface area contributed by atoms with Crippen molar-refractivity contribution in [2.45, 2.75) is 26.3 Å². The maximum atomic E-state index is 12.0. The van der Waals surface area contributed by atoms with Crippen LogP contribution in [0.15, 0.2) is 24.3 Å². The Bertz CT molecular complexity index is 534. The van der Waals surface area contributed by atoms with Gasteiger partial charge in [0.1, 0.15) is 24.1 Å². The lowest BCUT2D eigenvalue weighted by Crippen LogP contribution is -2.48. The van der Waals surface area contributed by atoms with Gasteiger partial charge in [0, 0.05) is 13.1 Å². The van der Waals surface area contributed by atoms with Crippen LogP contribution < -0.4 is 20.1 Å². The minimum Gasteiger partial charge on any atom is -0.497 e. The molecule has 1 aromatic rings. The van der Waals surface area contributed by atoms with E-state index >= 15 is 0 Å². The van der Waals surface area contributed by atoms with Crippen LogP contribution in [-0.4, -0.2) is 63.2 Å². The average Bonchev–Trinajstić information content (AvgIpc) is 2.59. The van der Waals surface area contributed by atoms with Crippen molar-refractivity contribution in [3.63, 3.8) is 0 Å². The highest BCUT2D eigenvalue weighted by Crippen LogP contribution is 2.16. The fourth-order valence-corrected chi connectivity index (χ4v) is 2.07. The summed E-state index contributed by atoms with van der Waals surface area (Å²) in [5.41, 5.74) is 0. The van der Waals surface area contributed by atoms with Gasteiger partial charge < -0.3 is 20.1 Å². The lowest BCUT2D eigenvalue weighted by Gasteiger charge is -2.19. The van der Waals surface area contributed by atoms with Crippen LogP contribution in [-0.2, 0) is 9.59 Å². The predicted molar refractivity (Wildman–Crippen MR) is 96.9 cm³/mol. The molecule has 140 valence electrons. The van der Waals surface area contributed by atoms with Crippen molar-refractivity contribution < 1.29 is 19.1 Å². The largest absolute Gasteiger partial charge is 0.497 e. The van der Waals surface area contributed by atoms with Gasteiger partial charge >= 0.3 is 0 Å². The van der Waals surface area contributed by atoms with Crippen LogP contribution in [0.5, 0.6) is 11.5 Å². The monoisotopic (exact) mass is 351 g/mol. The number of methoxy groups -OCH3 is 1. The zero-order valence-corrected chi connectivity index (χ0v) is 15.5. The van der Waals surface area contributed by atoms with Crippen LogP contribution in [0, 0.1) is 0 Å². The van der Waals surface area contributed by atoms with E-state index in [-0.39, 0.29) is 18.4 Å². The second kappa shape index (κ2) is 11.3. The summed E-state index contributed by atoms with van der Waals surface area (Å²) in [6.45, 7) is 5.53. The molecule has 0 aliphatic heterocycles. The van der Waals surface area contributed by atoms with E-state index in [1.165, 1.54) is 0 Å². The van der Waals surface area contributed by atoms with Gasteiger partial charge in [-0.25, -0.2) is 0 Å². The Balaban J connectivity index is 2.24. The Hall–Kier alpha value is -2.28. The van der Waals surface area contributed by atoms with Gasteiger partial charge in [-0.2, -0.15) is 0 Å². The molecule has 1 aromatic carbocycles. The summed E-state index contributed by atoms with van der Waals surface area (Å²) < 4.78 is 10.7. The molecule has 0 unspecified atom stereocenters. The van der Waals surface area contributed by atoms with Crippen molar-refractivity contribution in [3.05, 3.63) is 24.3 Å². The number of nitrogens with zero attached hydrogens (tertiary/aromatic N) is 1. The number of hydrogen-bond acceptors (Lipinski definition) is 5. The Labute approximate surface area is 149 Å². The lowest BCUT2D eigenvalue weighted by molar-refractivity contribution is -0.129.